The smallest absolute Gasteiger partial charge is 0.323 e. The van der Waals surface area contributed by atoms with Gasteiger partial charge in [0.25, 0.3) is 0 Å². The number of rotatable bonds is 9. The number of hydrogen-bond donors (Lipinski definition) is 1. The summed E-state index contributed by atoms with van der Waals surface area (Å²) in [4.78, 5) is 18.5. The molecule has 2 rings (SSSR count). The van der Waals surface area contributed by atoms with Crippen LogP contribution in [-0.2, 0) is 23.0 Å². The second-order valence-electron chi connectivity index (χ2n) is 5.69. The van der Waals surface area contributed by atoms with E-state index >= 15 is 0 Å². The number of fused-ring (bicyclic) bond motifs is 1. The van der Waals surface area contributed by atoms with E-state index in [4.69, 9.17) is 33.7 Å². The number of anilines is 1. The predicted molar refractivity (Wildman–Crippen MR) is 103 cm³/mol. The van der Waals surface area contributed by atoms with E-state index in [1.165, 1.54) is 0 Å². The minimum atomic E-state index is -0.723. The molecule has 0 saturated carbocycles. The third-order valence-electron chi connectivity index (χ3n) is 4.02. The Labute approximate surface area is 157 Å². The van der Waals surface area contributed by atoms with Gasteiger partial charge < -0.3 is 19.9 Å². The number of hydrogen-bond acceptors (Lipinski definition) is 5. The SMILES string of the molecule is CCOC(=O)C(N)Cc1nc2cc(N(CCCl)CCCl)ccc2n1C. The molecule has 0 amide bonds. The minimum absolute atomic E-state index is 0.315. The largest absolute Gasteiger partial charge is 0.465 e. The molecule has 138 valence electrons. The highest BCUT2D eigenvalue weighted by atomic mass is 35.5. The van der Waals surface area contributed by atoms with Crippen LogP contribution >= 0.6 is 23.2 Å². The van der Waals surface area contributed by atoms with Gasteiger partial charge in [-0.05, 0) is 25.1 Å². The van der Waals surface area contributed by atoms with Crippen molar-refractivity contribution in [3.63, 3.8) is 0 Å². The predicted octanol–water partition coefficient (Wildman–Crippen LogP) is 2.29. The van der Waals surface area contributed by atoms with Crippen LogP contribution < -0.4 is 10.6 Å². The summed E-state index contributed by atoms with van der Waals surface area (Å²) in [5.41, 5.74) is 8.76. The monoisotopic (exact) mass is 386 g/mol. The molecular formula is C17H24Cl2N4O2. The van der Waals surface area contributed by atoms with Gasteiger partial charge in [-0.25, -0.2) is 4.98 Å². The summed E-state index contributed by atoms with van der Waals surface area (Å²) in [6, 6.07) is 5.32. The maximum Gasteiger partial charge on any atom is 0.323 e. The Kier molecular flexibility index (Phi) is 7.35. The normalized spacial score (nSPS) is 12.4. The molecule has 6 nitrogen and oxygen atoms in total. The molecule has 0 fully saturated rings. The Balaban J connectivity index is 2.27. The Morgan fingerprint density at radius 1 is 1.36 bits per heavy atom. The third-order valence-corrected chi connectivity index (χ3v) is 4.36. The number of aromatic nitrogens is 2. The number of alkyl halides is 2. The second kappa shape index (κ2) is 9.27. The fraction of sp³-hybridized carbons (Fsp3) is 0.529. The minimum Gasteiger partial charge on any atom is -0.465 e. The molecule has 1 unspecified atom stereocenters. The van der Waals surface area contributed by atoms with Crippen molar-refractivity contribution >= 4 is 45.9 Å². The molecule has 0 spiro atoms. The fourth-order valence-corrected chi connectivity index (χ4v) is 3.13. The van der Waals surface area contributed by atoms with Gasteiger partial charge in [0.05, 0.1) is 17.6 Å². The lowest BCUT2D eigenvalue weighted by Crippen LogP contribution is -2.35. The van der Waals surface area contributed by atoms with Crippen LogP contribution in [0.2, 0.25) is 0 Å². The molecule has 0 bridgehead atoms. The van der Waals surface area contributed by atoms with Crippen molar-refractivity contribution in [1.82, 2.24) is 9.55 Å². The number of esters is 1. The van der Waals surface area contributed by atoms with Crippen LogP contribution in [0.1, 0.15) is 12.7 Å². The van der Waals surface area contributed by atoms with E-state index < -0.39 is 12.0 Å². The molecule has 1 heterocycles. The van der Waals surface area contributed by atoms with Gasteiger partial charge in [0.2, 0.25) is 0 Å². The summed E-state index contributed by atoms with van der Waals surface area (Å²) < 4.78 is 6.91. The number of benzene rings is 1. The van der Waals surface area contributed by atoms with Crippen LogP contribution in [-0.4, -0.2) is 53.0 Å². The van der Waals surface area contributed by atoms with E-state index in [-0.39, 0.29) is 0 Å². The number of nitrogens with two attached hydrogens (primary N) is 1. The molecule has 0 aliphatic heterocycles. The lowest BCUT2D eigenvalue weighted by atomic mass is 10.2. The molecule has 25 heavy (non-hydrogen) atoms. The quantitative estimate of drug-likeness (QED) is 0.528. The molecule has 1 aromatic carbocycles. The van der Waals surface area contributed by atoms with Crippen LogP contribution in [0.15, 0.2) is 18.2 Å². The van der Waals surface area contributed by atoms with Crippen molar-refractivity contribution < 1.29 is 9.53 Å². The van der Waals surface area contributed by atoms with Crippen molar-refractivity contribution in [1.29, 1.82) is 0 Å². The van der Waals surface area contributed by atoms with Crippen LogP contribution in [0.3, 0.4) is 0 Å². The van der Waals surface area contributed by atoms with E-state index in [0.717, 1.165) is 22.5 Å². The van der Waals surface area contributed by atoms with Gasteiger partial charge in [0.15, 0.2) is 0 Å². The van der Waals surface area contributed by atoms with Crippen LogP contribution in [0, 0.1) is 0 Å². The first kappa shape index (κ1) is 19.8. The molecule has 0 aliphatic carbocycles. The highest BCUT2D eigenvalue weighted by Crippen LogP contribution is 2.23. The highest BCUT2D eigenvalue weighted by molar-refractivity contribution is 6.18. The zero-order valence-corrected chi connectivity index (χ0v) is 16.1. The molecule has 0 radical (unpaired) electrons. The summed E-state index contributed by atoms with van der Waals surface area (Å²) in [6.45, 7) is 3.50. The average molecular weight is 387 g/mol. The Morgan fingerprint density at radius 3 is 2.64 bits per heavy atom. The summed E-state index contributed by atoms with van der Waals surface area (Å²) in [5.74, 6) is 1.38. The average Bonchev–Trinajstić information content (AvgIpc) is 2.90. The van der Waals surface area contributed by atoms with Crippen LogP contribution in [0.5, 0.6) is 0 Å². The number of aryl methyl sites for hydroxylation is 1. The van der Waals surface area contributed by atoms with Crippen LogP contribution in [0.25, 0.3) is 11.0 Å². The standard InChI is InChI=1S/C17H24Cl2N4O2/c1-3-25-17(24)13(20)11-16-21-14-10-12(4-5-15(14)22(16)2)23(8-6-18)9-7-19/h4-5,10,13H,3,6-9,11,20H2,1-2H3. The number of imidazole rings is 1. The van der Waals surface area contributed by atoms with Crippen molar-refractivity contribution in [2.45, 2.75) is 19.4 Å². The molecule has 1 aromatic heterocycles. The van der Waals surface area contributed by atoms with Gasteiger partial charge >= 0.3 is 5.97 Å². The summed E-state index contributed by atoms with van der Waals surface area (Å²) >= 11 is 11.8. The molecule has 2 aromatic rings. The van der Waals surface area contributed by atoms with Crippen LogP contribution in [0.4, 0.5) is 5.69 Å². The molecule has 2 N–H and O–H groups in total. The van der Waals surface area contributed by atoms with Gasteiger partial charge in [0.1, 0.15) is 11.9 Å². The van der Waals surface area contributed by atoms with Gasteiger partial charge in [-0.15, -0.1) is 23.2 Å². The zero-order chi connectivity index (χ0) is 18.4. The van der Waals surface area contributed by atoms with Crippen molar-refractivity contribution in [2.75, 3.05) is 36.4 Å². The lowest BCUT2D eigenvalue weighted by Gasteiger charge is -2.22. The van der Waals surface area contributed by atoms with Gasteiger partial charge in [-0.1, -0.05) is 0 Å². The molecule has 8 heteroatoms. The Morgan fingerprint density at radius 2 is 2.04 bits per heavy atom. The number of nitrogens with zero attached hydrogens (tertiary/aromatic N) is 3. The highest BCUT2D eigenvalue weighted by Gasteiger charge is 2.19. The number of halogens is 2. The maximum absolute atomic E-state index is 11.7. The summed E-state index contributed by atoms with van der Waals surface area (Å²) in [6.07, 6.45) is 0.326. The second-order valence-corrected chi connectivity index (χ2v) is 6.44. The number of ether oxygens (including phenoxy) is 1. The van der Waals surface area contributed by atoms with E-state index in [0.29, 0.717) is 37.9 Å². The number of carbonyl (C=O) groups excluding carboxylic acids is 1. The summed E-state index contributed by atoms with van der Waals surface area (Å²) in [5, 5.41) is 0. The molecule has 1 atom stereocenters. The molecule has 0 saturated heterocycles. The van der Waals surface area contributed by atoms with Crippen molar-refractivity contribution in [3.8, 4) is 0 Å². The van der Waals surface area contributed by atoms with Gasteiger partial charge in [-0.3, -0.25) is 4.79 Å². The molecule has 0 aliphatic rings. The topological polar surface area (TPSA) is 73.4 Å². The lowest BCUT2D eigenvalue weighted by molar-refractivity contribution is -0.144. The first-order valence-corrected chi connectivity index (χ1v) is 9.33. The fourth-order valence-electron chi connectivity index (χ4n) is 2.72. The zero-order valence-electron chi connectivity index (χ0n) is 14.5. The van der Waals surface area contributed by atoms with Crippen molar-refractivity contribution in [3.05, 3.63) is 24.0 Å². The van der Waals surface area contributed by atoms with E-state index in [9.17, 15) is 4.79 Å². The van der Waals surface area contributed by atoms with Gasteiger partial charge in [-0.2, -0.15) is 0 Å². The Hall–Kier alpha value is -1.50. The first-order chi connectivity index (χ1) is 12.0. The Bertz CT molecular complexity index is 714. The number of carbonyl (C=O) groups is 1. The first-order valence-electron chi connectivity index (χ1n) is 8.26. The third kappa shape index (κ3) is 4.77. The van der Waals surface area contributed by atoms with Gasteiger partial charge in [0, 0.05) is 44.0 Å². The van der Waals surface area contributed by atoms with Crippen molar-refractivity contribution in [2.24, 2.45) is 12.8 Å². The van der Waals surface area contributed by atoms with E-state index in [1.54, 1.807) is 6.92 Å². The maximum atomic E-state index is 11.7. The van der Waals surface area contributed by atoms with E-state index in [1.807, 2.05) is 29.8 Å². The van der Waals surface area contributed by atoms with E-state index in [2.05, 4.69) is 9.88 Å². The summed E-state index contributed by atoms with van der Waals surface area (Å²) in [7, 11) is 1.91. The molecular weight excluding hydrogens is 363 g/mol.